The zero-order chi connectivity index (χ0) is 10.4. The van der Waals surface area contributed by atoms with Gasteiger partial charge in [-0.1, -0.05) is 12.1 Å². The lowest BCUT2D eigenvalue weighted by Crippen LogP contribution is -2.17. The first-order chi connectivity index (χ1) is 6.76. The molecule has 0 saturated heterocycles. The molecule has 0 aliphatic rings. The van der Waals surface area contributed by atoms with Crippen LogP contribution in [-0.4, -0.2) is 24.9 Å². The summed E-state index contributed by atoms with van der Waals surface area (Å²) in [5.41, 5.74) is 0.854. The first kappa shape index (κ1) is 11.0. The Morgan fingerprint density at radius 3 is 2.86 bits per heavy atom. The molecule has 1 rings (SSSR count). The summed E-state index contributed by atoms with van der Waals surface area (Å²) in [5.74, 6) is 0.765. The van der Waals surface area contributed by atoms with E-state index in [0.29, 0.717) is 6.61 Å². The molecule has 1 N–H and O–H groups in total. The second-order valence-electron chi connectivity index (χ2n) is 3.19. The molecule has 14 heavy (non-hydrogen) atoms. The number of hydrogen-bond donors (Lipinski definition) is 1. The van der Waals surface area contributed by atoms with Gasteiger partial charge in [0.25, 0.3) is 0 Å². The molecule has 0 amide bonds. The van der Waals surface area contributed by atoms with Gasteiger partial charge in [0.1, 0.15) is 11.9 Å². The van der Waals surface area contributed by atoms with Crippen molar-refractivity contribution in [3.05, 3.63) is 29.8 Å². The average Bonchev–Trinajstić information content (AvgIpc) is 2.18. The van der Waals surface area contributed by atoms with Gasteiger partial charge in [-0.25, -0.2) is 0 Å². The minimum atomic E-state index is 0.0222. The van der Waals surface area contributed by atoms with E-state index >= 15 is 0 Å². The quantitative estimate of drug-likeness (QED) is 0.777. The molecule has 1 aromatic carbocycles. The first-order valence-corrected chi connectivity index (χ1v) is 4.61. The fourth-order valence-corrected chi connectivity index (χ4v) is 1.22. The molecule has 0 fully saturated rings. The number of aliphatic hydroxyl groups excluding tert-OH is 1. The van der Waals surface area contributed by atoms with Gasteiger partial charge in [0.15, 0.2) is 0 Å². The van der Waals surface area contributed by atoms with Crippen LogP contribution < -0.4 is 4.74 Å². The van der Waals surface area contributed by atoms with Gasteiger partial charge in [-0.2, -0.15) is 0 Å². The summed E-state index contributed by atoms with van der Waals surface area (Å²) in [6.07, 6.45) is 0.0222. The van der Waals surface area contributed by atoms with E-state index in [-0.39, 0.29) is 12.7 Å². The fraction of sp³-hybridized carbons (Fsp3) is 0.455. The molecule has 3 heteroatoms. The van der Waals surface area contributed by atoms with E-state index in [1.807, 2.05) is 31.2 Å². The Hall–Kier alpha value is -1.06. The lowest BCUT2D eigenvalue weighted by atomic mass is 10.2. The minimum absolute atomic E-state index is 0.0222. The minimum Gasteiger partial charge on any atom is -0.488 e. The Bertz CT molecular complexity index is 273. The van der Waals surface area contributed by atoms with Crippen molar-refractivity contribution >= 4 is 0 Å². The summed E-state index contributed by atoms with van der Waals surface area (Å²) < 4.78 is 10.5. The second-order valence-corrected chi connectivity index (χ2v) is 3.19. The number of benzene rings is 1. The Kier molecular flexibility index (Phi) is 4.43. The lowest BCUT2D eigenvalue weighted by molar-refractivity contribution is 0.0919. The number of aliphatic hydroxyl groups is 1. The van der Waals surface area contributed by atoms with Crippen molar-refractivity contribution < 1.29 is 14.6 Å². The summed E-state index contributed by atoms with van der Waals surface area (Å²) in [6, 6.07) is 7.41. The van der Waals surface area contributed by atoms with Gasteiger partial charge in [0.2, 0.25) is 0 Å². The zero-order valence-corrected chi connectivity index (χ0v) is 8.56. The van der Waals surface area contributed by atoms with Gasteiger partial charge < -0.3 is 14.6 Å². The van der Waals surface area contributed by atoms with E-state index in [2.05, 4.69) is 0 Å². The molecule has 1 unspecified atom stereocenters. The van der Waals surface area contributed by atoms with Crippen LogP contribution in [0, 0.1) is 0 Å². The first-order valence-electron chi connectivity index (χ1n) is 4.61. The van der Waals surface area contributed by atoms with Crippen LogP contribution >= 0.6 is 0 Å². The molecule has 0 aromatic heterocycles. The number of hydrogen-bond acceptors (Lipinski definition) is 3. The Morgan fingerprint density at radius 1 is 1.43 bits per heavy atom. The van der Waals surface area contributed by atoms with Crippen molar-refractivity contribution in [1.29, 1.82) is 0 Å². The monoisotopic (exact) mass is 196 g/mol. The largest absolute Gasteiger partial charge is 0.488 e. The molecular formula is C11H16O3. The summed E-state index contributed by atoms with van der Waals surface area (Å²) in [7, 11) is 1.64. The van der Waals surface area contributed by atoms with Gasteiger partial charge >= 0.3 is 0 Å². The number of ether oxygens (including phenoxy) is 2. The molecule has 0 spiro atoms. The molecule has 78 valence electrons. The van der Waals surface area contributed by atoms with Crippen LogP contribution in [0.25, 0.3) is 0 Å². The van der Waals surface area contributed by atoms with Gasteiger partial charge in [-0.05, 0) is 24.6 Å². The van der Waals surface area contributed by atoms with Gasteiger partial charge in [0, 0.05) is 7.11 Å². The third kappa shape index (κ3) is 3.36. The van der Waals surface area contributed by atoms with Gasteiger partial charge in [-0.15, -0.1) is 0 Å². The van der Waals surface area contributed by atoms with Crippen molar-refractivity contribution in [2.45, 2.75) is 19.6 Å². The van der Waals surface area contributed by atoms with E-state index in [0.717, 1.165) is 11.3 Å². The molecule has 0 bridgehead atoms. The Labute approximate surface area is 84.3 Å². The highest BCUT2D eigenvalue weighted by molar-refractivity contribution is 5.28. The molecule has 0 aliphatic heterocycles. The highest BCUT2D eigenvalue weighted by atomic mass is 16.5. The maximum Gasteiger partial charge on any atom is 0.120 e. The fourth-order valence-electron chi connectivity index (χ4n) is 1.22. The maximum absolute atomic E-state index is 8.92. The predicted molar refractivity (Wildman–Crippen MR) is 54.3 cm³/mol. The molecule has 0 heterocycles. The van der Waals surface area contributed by atoms with Crippen LogP contribution in [0.15, 0.2) is 24.3 Å². The number of rotatable bonds is 5. The summed E-state index contributed by atoms with van der Waals surface area (Å²) in [4.78, 5) is 0. The number of methoxy groups -OCH3 is 1. The van der Waals surface area contributed by atoms with Crippen molar-refractivity contribution in [3.8, 4) is 5.75 Å². The predicted octanol–water partition coefficient (Wildman–Crippen LogP) is 1.59. The second kappa shape index (κ2) is 5.62. The molecule has 1 atom stereocenters. The molecular weight excluding hydrogens is 180 g/mol. The van der Waals surface area contributed by atoms with Crippen molar-refractivity contribution in [2.75, 3.05) is 13.7 Å². The van der Waals surface area contributed by atoms with Crippen molar-refractivity contribution in [3.63, 3.8) is 0 Å². The van der Waals surface area contributed by atoms with E-state index in [9.17, 15) is 0 Å². The lowest BCUT2D eigenvalue weighted by Gasteiger charge is -2.13. The average molecular weight is 196 g/mol. The third-order valence-electron chi connectivity index (χ3n) is 1.82. The third-order valence-corrected chi connectivity index (χ3v) is 1.82. The zero-order valence-electron chi connectivity index (χ0n) is 8.56. The van der Waals surface area contributed by atoms with Crippen LogP contribution in [0.2, 0.25) is 0 Å². The highest BCUT2D eigenvalue weighted by Gasteiger charge is 2.03. The molecule has 0 saturated carbocycles. The molecule has 3 nitrogen and oxygen atoms in total. The van der Waals surface area contributed by atoms with E-state index in [1.54, 1.807) is 7.11 Å². The standard InChI is InChI=1S/C11H16O3/c1-9(8-13-2)14-11-5-3-4-10(6-11)7-12/h3-6,9,12H,7-8H2,1-2H3. The normalized spacial score (nSPS) is 12.5. The smallest absolute Gasteiger partial charge is 0.120 e. The van der Waals surface area contributed by atoms with Crippen LogP contribution in [0.1, 0.15) is 12.5 Å². The SMILES string of the molecule is COCC(C)Oc1cccc(CO)c1. The summed E-state index contributed by atoms with van der Waals surface area (Å²) >= 11 is 0. The topological polar surface area (TPSA) is 38.7 Å². The molecule has 1 aromatic rings. The molecule has 0 radical (unpaired) electrons. The maximum atomic E-state index is 8.92. The Morgan fingerprint density at radius 2 is 2.21 bits per heavy atom. The van der Waals surface area contributed by atoms with Gasteiger partial charge in [0.05, 0.1) is 13.2 Å². The van der Waals surface area contributed by atoms with E-state index in [1.165, 1.54) is 0 Å². The van der Waals surface area contributed by atoms with E-state index < -0.39 is 0 Å². The van der Waals surface area contributed by atoms with Crippen LogP contribution in [-0.2, 0) is 11.3 Å². The molecule has 0 aliphatic carbocycles. The van der Waals surface area contributed by atoms with Crippen molar-refractivity contribution in [2.24, 2.45) is 0 Å². The summed E-state index contributed by atoms with van der Waals surface area (Å²) in [5, 5.41) is 8.92. The van der Waals surface area contributed by atoms with Gasteiger partial charge in [-0.3, -0.25) is 0 Å². The Balaban J connectivity index is 2.57. The van der Waals surface area contributed by atoms with Crippen molar-refractivity contribution in [1.82, 2.24) is 0 Å². The highest BCUT2D eigenvalue weighted by Crippen LogP contribution is 2.14. The van der Waals surface area contributed by atoms with Crippen LogP contribution in [0.3, 0.4) is 0 Å². The van der Waals surface area contributed by atoms with Crippen LogP contribution in [0.4, 0.5) is 0 Å². The van der Waals surface area contributed by atoms with E-state index in [4.69, 9.17) is 14.6 Å². The van der Waals surface area contributed by atoms with Crippen LogP contribution in [0.5, 0.6) is 5.75 Å². The summed E-state index contributed by atoms with van der Waals surface area (Å²) in [6.45, 7) is 2.54.